The Labute approximate surface area is 137 Å². The Morgan fingerprint density at radius 2 is 1.96 bits per heavy atom. The maximum atomic E-state index is 12.3. The predicted molar refractivity (Wildman–Crippen MR) is 79.8 cm³/mol. The number of esters is 2. The second-order valence-corrected chi connectivity index (χ2v) is 5.65. The molecule has 24 heavy (non-hydrogen) atoms. The lowest BCUT2D eigenvalue weighted by Crippen LogP contribution is -2.46. The van der Waals surface area contributed by atoms with Crippen LogP contribution in [-0.4, -0.2) is 42.8 Å². The van der Waals surface area contributed by atoms with Gasteiger partial charge in [0.1, 0.15) is 11.7 Å². The Morgan fingerprint density at radius 1 is 1.25 bits per heavy atom. The van der Waals surface area contributed by atoms with E-state index in [1.54, 1.807) is 36.4 Å². The molecule has 0 aromatic heterocycles. The van der Waals surface area contributed by atoms with Crippen LogP contribution in [0, 0.1) is 17.8 Å². The maximum absolute atomic E-state index is 12.3. The van der Waals surface area contributed by atoms with Crippen molar-refractivity contribution in [3.8, 4) is 0 Å². The lowest BCUT2D eigenvalue weighted by molar-refractivity contribution is -0.157. The van der Waals surface area contributed by atoms with Crippen molar-refractivity contribution < 1.29 is 33.7 Å². The van der Waals surface area contributed by atoms with Gasteiger partial charge in [-0.1, -0.05) is 18.2 Å². The third-order valence-electron chi connectivity index (χ3n) is 4.29. The summed E-state index contributed by atoms with van der Waals surface area (Å²) in [6.45, 7) is 0.0967. The summed E-state index contributed by atoms with van der Waals surface area (Å²) in [5.74, 6) is -4.85. The Balaban J connectivity index is 1.93. The SMILES string of the molecule is COC1=C[C@H]2COC(=O)[C@H]2[C@@H](C(=O)O)[C@@H]1OC(=O)c1ccccc1. The van der Waals surface area contributed by atoms with Crippen LogP contribution in [0.4, 0.5) is 0 Å². The van der Waals surface area contributed by atoms with Crippen molar-refractivity contribution in [2.75, 3.05) is 13.7 Å². The number of hydrogen-bond donors (Lipinski definition) is 1. The second-order valence-electron chi connectivity index (χ2n) is 5.65. The van der Waals surface area contributed by atoms with E-state index < -0.39 is 41.8 Å². The number of hydrogen-bond acceptors (Lipinski definition) is 6. The molecule has 0 saturated carbocycles. The summed E-state index contributed by atoms with van der Waals surface area (Å²) in [5.41, 5.74) is 0.285. The molecule has 0 spiro atoms. The summed E-state index contributed by atoms with van der Waals surface area (Å²) in [6.07, 6.45) is 0.421. The number of carboxylic acid groups (broad SMARTS) is 1. The van der Waals surface area contributed by atoms with E-state index in [1.165, 1.54) is 7.11 Å². The van der Waals surface area contributed by atoms with Gasteiger partial charge in [-0.05, 0) is 18.2 Å². The Morgan fingerprint density at radius 3 is 2.58 bits per heavy atom. The second kappa shape index (κ2) is 6.35. The highest BCUT2D eigenvalue weighted by atomic mass is 16.6. The third kappa shape index (κ3) is 2.73. The van der Waals surface area contributed by atoms with Crippen LogP contribution in [0.3, 0.4) is 0 Å². The van der Waals surface area contributed by atoms with Gasteiger partial charge in [-0.2, -0.15) is 0 Å². The van der Waals surface area contributed by atoms with E-state index in [0.29, 0.717) is 0 Å². The third-order valence-corrected chi connectivity index (χ3v) is 4.29. The van der Waals surface area contributed by atoms with Gasteiger partial charge in [0.2, 0.25) is 0 Å². The Hall–Kier alpha value is -2.83. The topological polar surface area (TPSA) is 99.1 Å². The minimum Gasteiger partial charge on any atom is -0.497 e. The molecule has 0 radical (unpaired) electrons. The van der Waals surface area contributed by atoms with Gasteiger partial charge in [-0.15, -0.1) is 0 Å². The number of ether oxygens (including phenoxy) is 3. The first-order chi connectivity index (χ1) is 11.5. The monoisotopic (exact) mass is 332 g/mol. The Kier molecular flexibility index (Phi) is 4.24. The molecular formula is C17H16O7. The van der Waals surface area contributed by atoms with E-state index in [4.69, 9.17) is 14.2 Å². The number of carbonyl (C=O) groups is 3. The molecule has 1 aliphatic heterocycles. The number of aliphatic carboxylic acids is 1. The van der Waals surface area contributed by atoms with E-state index in [9.17, 15) is 19.5 Å². The smallest absolute Gasteiger partial charge is 0.338 e. The van der Waals surface area contributed by atoms with Crippen molar-refractivity contribution in [3.05, 3.63) is 47.7 Å². The summed E-state index contributed by atoms with van der Waals surface area (Å²) >= 11 is 0. The molecule has 4 atom stereocenters. The van der Waals surface area contributed by atoms with Crippen LogP contribution in [-0.2, 0) is 23.8 Å². The van der Waals surface area contributed by atoms with Gasteiger partial charge in [-0.3, -0.25) is 9.59 Å². The van der Waals surface area contributed by atoms with Crippen LogP contribution >= 0.6 is 0 Å². The molecule has 2 aliphatic rings. The van der Waals surface area contributed by atoms with Crippen LogP contribution in [0.1, 0.15) is 10.4 Å². The van der Waals surface area contributed by atoms with Crippen molar-refractivity contribution in [3.63, 3.8) is 0 Å². The van der Waals surface area contributed by atoms with Gasteiger partial charge in [0.15, 0.2) is 6.10 Å². The van der Waals surface area contributed by atoms with Gasteiger partial charge in [-0.25, -0.2) is 4.79 Å². The molecule has 1 aromatic rings. The van der Waals surface area contributed by atoms with Crippen molar-refractivity contribution >= 4 is 17.9 Å². The highest BCUT2D eigenvalue weighted by Crippen LogP contribution is 2.41. The molecule has 0 unspecified atom stereocenters. The molecule has 1 fully saturated rings. The number of benzene rings is 1. The summed E-state index contributed by atoms with van der Waals surface area (Å²) in [4.78, 5) is 36.0. The minimum absolute atomic E-state index is 0.0967. The zero-order chi connectivity index (χ0) is 17.3. The van der Waals surface area contributed by atoms with Crippen molar-refractivity contribution in [2.24, 2.45) is 17.8 Å². The van der Waals surface area contributed by atoms with Crippen LogP contribution in [0.25, 0.3) is 0 Å². The molecule has 1 N–H and O–H groups in total. The van der Waals surface area contributed by atoms with E-state index >= 15 is 0 Å². The normalized spacial score (nSPS) is 28.4. The number of carboxylic acids is 1. The summed E-state index contributed by atoms with van der Waals surface area (Å²) in [6, 6.07) is 8.21. The predicted octanol–water partition coefficient (Wildman–Crippen LogP) is 1.25. The highest BCUT2D eigenvalue weighted by molar-refractivity contribution is 5.90. The van der Waals surface area contributed by atoms with E-state index in [2.05, 4.69) is 0 Å². The zero-order valence-corrected chi connectivity index (χ0v) is 12.9. The molecule has 1 heterocycles. The first-order valence-corrected chi connectivity index (χ1v) is 7.44. The first-order valence-electron chi connectivity index (χ1n) is 7.44. The van der Waals surface area contributed by atoms with Crippen molar-refractivity contribution in [1.29, 1.82) is 0 Å². The highest BCUT2D eigenvalue weighted by Gasteiger charge is 2.54. The summed E-state index contributed by atoms with van der Waals surface area (Å²) in [7, 11) is 1.37. The molecular weight excluding hydrogens is 316 g/mol. The molecule has 0 amide bonds. The van der Waals surface area contributed by atoms with Gasteiger partial charge >= 0.3 is 17.9 Å². The summed E-state index contributed by atoms with van der Waals surface area (Å²) in [5, 5.41) is 9.59. The molecule has 1 aromatic carbocycles. The van der Waals surface area contributed by atoms with E-state index in [1.807, 2.05) is 0 Å². The molecule has 3 rings (SSSR count). The number of cyclic esters (lactones) is 1. The molecule has 1 saturated heterocycles. The van der Waals surface area contributed by atoms with Crippen molar-refractivity contribution in [1.82, 2.24) is 0 Å². The Bertz CT molecular complexity index is 694. The largest absolute Gasteiger partial charge is 0.497 e. The molecule has 7 heteroatoms. The average molecular weight is 332 g/mol. The van der Waals surface area contributed by atoms with Crippen LogP contribution in [0.5, 0.6) is 0 Å². The van der Waals surface area contributed by atoms with Gasteiger partial charge in [0, 0.05) is 5.92 Å². The molecule has 126 valence electrons. The molecule has 0 bridgehead atoms. The molecule has 7 nitrogen and oxygen atoms in total. The van der Waals surface area contributed by atoms with E-state index in [0.717, 1.165) is 0 Å². The maximum Gasteiger partial charge on any atom is 0.338 e. The summed E-state index contributed by atoms with van der Waals surface area (Å²) < 4.78 is 15.6. The number of carbonyl (C=O) groups excluding carboxylic acids is 2. The zero-order valence-electron chi connectivity index (χ0n) is 12.9. The quantitative estimate of drug-likeness (QED) is 0.828. The number of methoxy groups -OCH3 is 1. The van der Waals surface area contributed by atoms with Gasteiger partial charge < -0.3 is 19.3 Å². The first kappa shape index (κ1) is 16.0. The minimum atomic E-state index is -1.25. The number of fused-ring (bicyclic) bond motifs is 1. The van der Waals surface area contributed by atoms with E-state index in [-0.39, 0.29) is 17.9 Å². The fourth-order valence-electron chi connectivity index (χ4n) is 3.15. The molecule has 1 aliphatic carbocycles. The standard InChI is InChI=1S/C17H16O7/c1-22-11-7-10-8-23-17(21)12(10)13(15(18)19)14(11)24-16(20)9-5-3-2-4-6-9/h2-7,10,12-14H,8H2,1H3,(H,18,19)/t10-,12+,13+,14+/m0/s1. The number of rotatable bonds is 4. The van der Waals surface area contributed by atoms with Crippen LogP contribution < -0.4 is 0 Å². The average Bonchev–Trinajstić information content (AvgIpc) is 2.95. The van der Waals surface area contributed by atoms with Gasteiger partial charge in [0.25, 0.3) is 0 Å². The van der Waals surface area contributed by atoms with Crippen molar-refractivity contribution in [2.45, 2.75) is 6.10 Å². The fourth-order valence-corrected chi connectivity index (χ4v) is 3.15. The van der Waals surface area contributed by atoms with Gasteiger partial charge in [0.05, 0.1) is 25.2 Å². The van der Waals surface area contributed by atoms with Crippen LogP contribution in [0.15, 0.2) is 42.2 Å². The van der Waals surface area contributed by atoms with Crippen LogP contribution in [0.2, 0.25) is 0 Å². The fraction of sp³-hybridized carbons (Fsp3) is 0.353. The lowest BCUT2D eigenvalue weighted by atomic mass is 9.75. The lowest BCUT2D eigenvalue weighted by Gasteiger charge is -2.33.